The number of carbonyl (C=O) groups is 2. The number of para-hydroxylation sites is 1. The van der Waals surface area contributed by atoms with Crippen LogP contribution in [0.5, 0.6) is 0 Å². The number of benzene rings is 2. The quantitative estimate of drug-likeness (QED) is 0.843. The fraction of sp³-hybridized carbons (Fsp3) is 0.176. The van der Waals surface area contributed by atoms with Crippen LogP contribution in [0.15, 0.2) is 53.0 Å². The van der Waals surface area contributed by atoms with Crippen LogP contribution in [0.4, 0.5) is 11.4 Å². The lowest BCUT2D eigenvalue weighted by Gasteiger charge is -2.11. The summed E-state index contributed by atoms with van der Waals surface area (Å²) in [5.74, 6) is -0.231. The topological polar surface area (TPSA) is 61.4 Å². The summed E-state index contributed by atoms with van der Waals surface area (Å²) in [5.41, 5.74) is 2.09. The molecule has 23 heavy (non-hydrogen) atoms. The minimum Gasteiger partial charge on any atom is -0.375 e. The van der Waals surface area contributed by atoms with Crippen LogP contribution >= 0.6 is 15.9 Å². The van der Waals surface area contributed by atoms with Gasteiger partial charge in [-0.3, -0.25) is 9.59 Å². The van der Waals surface area contributed by atoms with Crippen molar-refractivity contribution < 1.29 is 9.59 Å². The summed E-state index contributed by atoms with van der Waals surface area (Å²) in [5, 5.41) is 5.84. The van der Waals surface area contributed by atoms with E-state index in [1.54, 1.807) is 38.4 Å². The Morgan fingerprint density at radius 2 is 1.70 bits per heavy atom. The molecule has 2 N–H and O–H groups in total. The SMILES string of the molecule is CN(C)C(=O)c1ccc(NC(=O)CNc2ccccc2Br)cc1. The molecule has 0 unspecified atom stereocenters. The van der Waals surface area contributed by atoms with Gasteiger partial charge in [0.15, 0.2) is 0 Å². The summed E-state index contributed by atoms with van der Waals surface area (Å²) in [6, 6.07) is 14.4. The van der Waals surface area contributed by atoms with Crippen LogP contribution in [0, 0.1) is 0 Å². The van der Waals surface area contributed by atoms with E-state index in [4.69, 9.17) is 0 Å². The summed E-state index contributed by atoms with van der Waals surface area (Å²) in [6.45, 7) is 0.154. The van der Waals surface area contributed by atoms with E-state index in [0.29, 0.717) is 11.3 Å². The van der Waals surface area contributed by atoms with E-state index in [0.717, 1.165) is 10.2 Å². The van der Waals surface area contributed by atoms with Gasteiger partial charge in [-0.05, 0) is 52.3 Å². The number of hydrogen-bond acceptors (Lipinski definition) is 3. The van der Waals surface area contributed by atoms with Crippen LogP contribution in [0.25, 0.3) is 0 Å². The van der Waals surface area contributed by atoms with E-state index in [2.05, 4.69) is 26.6 Å². The highest BCUT2D eigenvalue weighted by molar-refractivity contribution is 9.10. The van der Waals surface area contributed by atoms with Crippen LogP contribution in [0.2, 0.25) is 0 Å². The molecule has 0 saturated heterocycles. The molecule has 0 aliphatic heterocycles. The second kappa shape index (κ2) is 7.78. The summed E-state index contributed by atoms with van der Waals surface area (Å²) in [6.07, 6.45) is 0. The molecule has 0 fully saturated rings. The largest absolute Gasteiger partial charge is 0.375 e. The molecule has 0 spiro atoms. The molecule has 0 aromatic heterocycles. The smallest absolute Gasteiger partial charge is 0.253 e. The minimum atomic E-state index is -0.160. The van der Waals surface area contributed by atoms with Gasteiger partial charge >= 0.3 is 0 Å². The maximum atomic E-state index is 12.0. The standard InChI is InChI=1S/C17H18BrN3O2/c1-21(2)17(23)12-7-9-13(10-8-12)20-16(22)11-19-15-6-4-3-5-14(15)18/h3-10,19H,11H2,1-2H3,(H,20,22). The predicted molar refractivity (Wildman–Crippen MR) is 95.7 cm³/mol. The normalized spacial score (nSPS) is 10.0. The van der Waals surface area contributed by atoms with Gasteiger partial charge in [0, 0.05) is 35.5 Å². The number of anilines is 2. The Morgan fingerprint density at radius 3 is 2.30 bits per heavy atom. The lowest BCUT2D eigenvalue weighted by Crippen LogP contribution is -2.23. The second-order valence-electron chi connectivity index (χ2n) is 5.16. The zero-order valence-corrected chi connectivity index (χ0v) is 14.6. The third-order valence-electron chi connectivity index (χ3n) is 3.14. The van der Waals surface area contributed by atoms with Gasteiger partial charge in [0.2, 0.25) is 5.91 Å². The number of carbonyl (C=O) groups excluding carboxylic acids is 2. The number of rotatable bonds is 5. The van der Waals surface area contributed by atoms with Crippen molar-refractivity contribution in [3.63, 3.8) is 0 Å². The molecule has 5 nitrogen and oxygen atoms in total. The first-order chi connectivity index (χ1) is 11.0. The van der Waals surface area contributed by atoms with Crippen LogP contribution < -0.4 is 10.6 Å². The lowest BCUT2D eigenvalue weighted by atomic mass is 10.2. The second-order valence-corrected chi connectivity index (χ2v) is 6.01. The summed E-state index contributed by atoms with van der Waals surface area (Å²) in [7, 11) is 3.40. The average molecular weight is 376 g/mol. The Morgan fingerprint density at radius 1 is 1.04 bits per heavy atom. The van der Waals surface area contributed by atoms with Crippen LogP contribution in [0.3, 0.4) is 0 Å². The van der Waals surface area contributed by atoms with E-state index in [1.165, 1.54) is 4.90 Å². The van der Waals surface area contributed by atoms with Gasteiger partial charge in [0.1, 0.15) is 0 Å². The first kappa shape index (κ1) is 17.0. The number of amides is 2. The molecular weight excluding hydrogens is 358 g/mol. The van der Waals surface area contributed by atoms with Crippen LogP contribution in [0.1, 0.15) is 10.4 Å². The minimum absolute atomic E-state index is 0.0709. The molecule has 0 bridgehead atoms. The zero-order valence-electron chi connectivity index (χ0n) is 13.0. The van der Waals surface area contributed by atoms with Gasteiger partial charge in [-0.25, -0.2) is 0 Å². The fourth-order valence-electron chi connectivity index (χ4n) is 1.94. The van der Waals surface area contributed by atoms with Crippen molar-refractivity contribution in [2.45, 2.75) is 0 Å². The Labute approximate surface area is 143 Å². The van der Waals surface area contributed by atoms with Gasteiger partial charge in [-0.1, -0.05) is 12.1 Å². The number of nitrogens with one attached hydrogen (secondary N) is 2. The fourth-order valence-corrected chi connectivity index (χ4v) is 2.36. The molecule has 2 aromatic rings. The molecule has 0 saturated carbocycles. The Kier molecular flexibility index (Phi) is 5.76. The van der Waals surface area contributed by atoms with Crippen LogP contribution in [-0.2, 0) is 4.79 Å². The highest BCUT2D eigenvalue weighted by atomic mass is 79.9. The average Bonchev–Trinajstić information content (AvgIpc) is 2.54. The Bertz CT molecular complexity index is 699. The summed E-state index contributed by atoms with van der Waals surface area (Å²) < 4.78 is 0.902. The monoisotopic (exact) mass is 375 g/mol. The molecule has 2 amide bonds. The molecule has 0 aliphatic rings. The van der Waals surface area contributed by atoms with Crippen molar-refractivity contribution in [1.82, 2.24) is 4.90 Å². The van der Waals surface area contributed by atoms with E-state index in [-0.39, 0.29) is 18.4 Å². The van der Waals surface area contributed by atoms with E-state index < -0.39 is 0 Å². The van der Waals surface area contributed by atoms with Crippen molar-refractivity contribution in [3.8, 4) is 0 Å². The highest BCUT2D eigenvalue weighted by Gasteiger charge is 2.08. The van der Waals surface area contributed by atoms with Gasteiger partial charge in [0.05, 0.1) is 6.54 Å². The van der Waals surface area contributed by atoms with Gasteiger partial charge in [0.25, 0.3) is 5.91 Å². The number of halogens is 1. The molecule has 6 heteroatoms. The third-order valence-corrected chi connectivity index (χ3v) is 3.83. The predicted octanol–water partition coefficient (Wildman–Crippen LogP) is 3.20. The maximum Gasteiger partial charge on any atom is 0.253 e. The first-order valence-electron chi connectivity index (χ1n) is 7.07. The van der Waals surface area contributed by atoms with Crippen molar-refractivity contribution in [3.05, 3.63) is 58.6 Å². The number of hydrogen-bond donors (Lipinski definition) is 2. The van der Waals surface area contributed by atoms with Gasteiger partial charge in [-0.2, -0.15) is 0 Å². The van der Waals surface area contributed by atoms with Crippen molar-refractivity contribution in [2.24, 2.45) is 0 Å². The van der Waals surface area contributed by atoms with Gasteiger partial charge < -0.3 is 15.5 Å². The van der Waals surface area contributed by atoms with Crippen LogP contribution in [-0.4, -0.2) is 37.4 Å². The molecule has 0 heterocycles. The van der Waals surface area contributed by atoms with E-state index >= 15 is 0 Å². The van der Waals surface area contributed by atoms with Crippen molar-refractivity contribution >= 4 is 39.1 Å². The molecule has 0 radical (unpaired) electrons. The lowest BCUT2D eigenvalue weighted by molar-refractivity contribution is -0.114. The van der Waals surface area contributed by atoms with E-state index in [9.17, 15) is 9.59 Å². The Hall–Kier alpha value is -2.34. The van der Waals surface area contributed by atoms with Gasteiger partial charge in [-0.15, -0.1) is 0 Å². The molecular formula is C17H18BrN3O2. The van der Waals surface area contributed by atoms with E-state index in [1.807, 2.05) is 24.3 Å². The first-order valence-corrected chi connectivity index (χ1v) is 7.86. The molecule has 2 rings (SSSR count). The molecule has 0 atom stereocenters. The molecule has 120 valence electrons. The molecule has 0 aliphatic carbocycles. The Balaban J connectivity index is 1.90. The highest BCUT2D eigenvalue weighted by Crippen LogP contribution is 2.20. The third kappa shape index (κ3) is 4.82. The summed E-state index contributed by atoms with van der Waals surface area (Å²) >= 11 is 3.42. The molecule has 2 aromatic carbocycles. The number of nitrogens with zero attached hydrogens (tertiary/aromatic N) is 1. The zero-order chi connectivity index (χ0) is 16.8. The summed E-state index contributed by atoms with van der Waals surface area (Å²) in [4.78, 5) is 25.3. The van der Waals surface area contributed by atoms with Crippen molar-refractivity contribution in [2.75, 3.05) is 31.3 Å². The maximum absolute atomic E-state index is 12.0. The van der Waals surface area contributed by atoms with Crippen molar-refractivity contribution in [1.29, 1.82) is 0 Å².